The molecule has 0 spiro atoms. The number of benzene rings is 1. The molecule has 0 bridgehead atoms. The quantitative estimate of drug-likeness (QED) is 0.870. The van der Waals surface area contributed by atoms with E-state index >= 15 is 0 Å². The Morgan fingerprint density at radius 2 is 2.09 bits per heavy atom. The largest absolute Gasteiger partial charge is 0.465 e. The Bertz CT molecular complexity index is 580. The second kappa shape index (κ2) is 6.51. The smallest absolute Gasteiger partial charge is 0.338 e. The van der Waals surface area contributed by atoms with Gasteiger partial charge in [0.25, 0.3) is 0 Å². The average molecular weight is 303 g/mol. The molecule has 1 aliphatic rings. The molecule has 4 heteroatoms. The predicted molar refractivity (Wildman–Crippen MR) is 85.8 cm³/mol. The number of rotatable bonds is 4. The Labute approximate surface area is 132 Å². The van der Waals surface area contributed by atoms with Crippen molar-refractivity contribution in [2.45, 2.75) is 40.0 Å². The van der Waals surface area contributed by atoms with Gasteiger partial charge in [-0.05, 0) is 42.4 Å². The Morgan fingerprint density at radius 3 is 2.73 bits per heavy atom. The highest BCUT2D eigenvalue weighted by atomic mass is 16.5. The number of carbonyl (C=O) groups is 2. The third-order valence-corrected chi connectivity index (χ3v) is 4.40. The van der Waals surface area contributed by atoms with Gasteiger partial charge in [-0.15, -0.1) is 0 Å². The summed E-state index contributed by atoms with van der Waals surface area (Å²) in [5.74, 6) is 0.245. The fourth-order valence-corrected chi connectivity index (χ4v) is 3.01. The molecular formula is C18H25NO3. The molecule has 1 aliphatic carbocycles. The van der Waals surface area contributed by atoms with Gasteiger partial charge in [-0.25, -0.2) is 4.79 Å². The minimum atomic E-state index is -0.406. The van der Waals surface area contributed by atoms with Gasteiger partial charge in [0.2, 0.25) is 5.91 Å². The van der Waals surface area contributed by atoms with Crippen LogP contribution < -0.4 is 5.32 Å². The highest BCUT2D eigenvalue weighted by Crippen LogP contribution is 2.37. The van der Waals surface area contributed by atoms with Crippen LogP contribution in [0.15, 0.2) is 18.2 Å². The van der Waals surface area contributed by atoms with Gasteiger partial charge in [0.15, 0.2) is 0 Å². The number of hydrogen-bond donors (Lipinski definition) is 1. The molecule has 120 valence electrons. The van der Waals surface area contributed by atoms with Gasteiger partial charge in [0.05, 0.1) is 18.1 Å². The van der Waals surface area contributed by atoms with E-state index in [1.54, 1.807) is 6.07 Å². The molecule has 0 heterocycles. The zero-order valence-electron chi connectivity index (χ0n) is 13.9. The maximum absolute atomic E-state index is 12.5. The Hall–Kier alpha value is -1.84. The third-order valence-electron chi connectivity index (χ3n) is 4.40. The van der Waals surface area contributed by atoms with E-state index < -0.39 is 5.41 Å². The van der Waals surface area contributed by atoms with Crippen molar-refractivity contribution in [2.75, 3.05) is 13.7 Å². The van der Waals surface area contributed by atoms with Gasteiger partial charge in [-0.3, -0.25) is 4.79 Å². The van der Waals surface area contributed by atoms with Crippen LogP contribution in [0.4, 0.5) is 0 Å². The zero-order chi connectivity index (χ0) is 16.3. The molecule has 0 fully saturated rings. The molecule has 1 aromatic rings. The fraction of sp³-hybridized carbons (Fsp3) is 0.556. The van der Waals surface area contributed by atoms with E-state index in [2.05, 4.69) is 19.2 Å². The molecule has 1 N–H and O–H groups in total. The predicted octanol–water partition coefficient (Wildman–Crippen LogP) is 2.74. The van der Waals surface area contributed by atoms with E-state index in [1.807, 2.05) is 19.1 Å². The summed E-state index contributed by atoms with van der Waals surface area (Å²) in [6.45, 7) is 6.88. The Morgan fingerprint density at radius 1 is 1.36 bits per heavy atom. The third kappa shape index (κ3) is 3.32. The van der Waals surface area contributed by atoms with Crippen LogP contribution in [-0.4, -0.2) is 25.5 Å². The monoisotopic (exact) mass is 303 g/mol. The van der Waals surface area contributed by atoms with Crippen LogP contribution >= 0.6 is 0 Å². The number of fused-ring (bicyclic) bond motifs is 1. The summed E-state index contributed by atoms with van der Waals surface area (Å²) in [7, 11) is 1.40. The molecule has 22 heavy (non-hydrogen) atoms. The lowest BCUT2D eigenvalue weighted by Crippen LogP contribution is -2.44. The minimum absolute atomic E-state index is 0.107. The first-order valence-corrected chi connectivity index (χ1v) is 7.85. The average Bonchev–Trinajstić information content (AvgIpc) is 2.50. The summed E-state index contributed by atoms with van der Waals surface area (Å²) >= 11 is 0. The summed E-state index contributed by atoms with van der Waals surface area (Å²) in [4.78, 5) is 24.4. The van der Waals surface area contributed by atoms with Crippen molar-refractivity contribution in [2.24, 2.45) is 11.3 Å². The number of amides is 1. The molecule has 0 aromatic heterocycles. The first-order chi connectivity index (χ1) is 10.4. The molecular weight excluding hydrogens is 278 g/mol. The van der Waals surface area contributed by atoms with Crippen molar-refractivity contribution in [1.29, 1.82) is 0 Å². The van der Waals surface area contributed by atoms with Gasteiger partial charge in [0.1, 0.15) is 0 Å². The van der Waals surface area contributed by atoms with E-state index in [1.165, 1.54) is 7.11 Å². The molecule has 0 saturated heterocycles. The normalized spacial score (nSPS) is 20.4. The van der Waals surface area contributed by atoms with Crippen LogP contribution in [-0.2, 0) is 22.4 Å². The van der Waals surface area contributed by atoms with Crippen LogP contribution in [0.5, 0.6) is 0 Å². The number of esters is 1. The second-order valence-electron chi connectivity index (χ2n) is 6.78. The van der Waals surface area contributed by atoms with E-state index in [4.69, 9.17) is 4.74 Å². The molecule has 0 radical (unpaired) electrons. The summed E-state index contributed by atoms with van der Waals surface area (Å²) in [6.07, 6.45) is 2.14. The lowest BCUT2D eigenvalue weighted by atomic mass is 9.71. The SMILES string of the molecule is COC(=O)c1cccc2c1CCC(C)(C(=O)NCC(C)C)C2. The summed E-state index contributed by atoms with van der Waals surface area (Å²) < 4.78 is 4.85. The first kappa shape index (κ1) is 16.5. The van der Waals surface area contributed by atoms with E-state index in [-0.39, 0.29) is 11.9 Å². The lowest BCUT2D eigenvalue weighted by molar-refractivity contribution is -0.131. The summed E-state index contributed by atoms with van der Waals surface area (Å²) in [6, 6.07) is 5.67. The van der Waals surface area contributed by atoms with E-state index in [0.717, 1.165) is 24.0 Å². The standard InChI is InChI=1S/C18H25NO3/c1-12(2)11-19-17(21)18(3)9-8-14-13(10-18)6-5-7-15(14)16(20)22-4/h5-7,12H,8-11H2,1-4H3,(H,19,21). The van der Waals surface area contributed by atoms with Crippen LogP contribution in [0.2, 0.25) is 0 Å². The maximum Gasteiger partial charge on any atom is 0.338 e. The van der Waals surface area contributed by atoms with Crippen LogP contribution in [0.1, 0.15) is 48.7 Å². The van der Waals surface area contributed by atoms with Crippen LogP contribution in [0.3, 0.4) is 0 Å². The van der Waals surface area contributed by atoms with E-state index in [9.17, 15) is 9.59 Å². The molecule has 1 unspecified atom stereocenters. The Balaban J connectivity index is 2.21. The van der Waals surface area contributed by atoms with Crippen molar-refractivity contribution < 1.29 is 14.3 Å². The van der Waals surface area contributed by atoms with Gasteiger partial charge >= 0.3 is 5.97 Å². The summed E-state index contributed by atoms with van der Waals surface area (Å²) in [5.41, 5.74) is 2.33. The van der Waals surface area contributed by atoms with Crippen molar-refractivity contribution in [3.8, 4) is 0 Å². The van der Waals surface area contributed by atoms with Gasteiger partial charge in [-0.1, -0.05) is 32.9 Å². The molecule has 2 rings (SSSR count). The number of hydrogen-bond acceptors (Lipinski definition) is 3. The number of ether oxygens (including phenoxy) is 1. The number of carbonyl (C=O) groups excluding carboxylic acids is 2. The topological polar surface area (TPSA) is 55.4 Å². The van der Waals surface area contributed by atoms with Crippen molar-refractivity contribution in [3.05, 3.63) is 34.9 Å². The fourth-order valence-electron chi connectivity index (χ4n) is 3.01. The molecule has 0 saturated carbocycles. The van der Waals surface area contributed by atoms with Crippen molar-refractivity contribution in [3.63, 3.8) is 0 Å². The minimum Gasteiger partial charge on any atom is -0.465 e. The molecule has 1 aromatic carbocycles. The first-order valence-electron chi connectivity index (χ1n) is 7.85. The lowest BCUT2D eigenvalue weighted by Gasteiger charge is -2.34. The van der Waals surface area contributed by atoms with Gasteiger partial charge in [-0.2, -0.15) is 0 Å². The maximum atomic E-state index is 12.5. The van der Waals surface area contributed by atoms with Crippen molar-refractivity contribution >= 4 is 11.9 Å². The summed E-state index contributed by atoms with van der Waals surface area (Å²) in [5, 5.41) is 3.04. The Kier molecular flexibility index (Phi) is 4.89. The highest BCUT2D eigenvalue weighted by molar-refractivity contribution is 5.92. The van der Waals surface area contributed by atoms with Crippen molar-refractivity contribution in [1.82, 2.24) is 5.32 Å². The van der Waals surface area contributed by atoms with Crippen LogP contribution in [0.25, 0.3) is 0 Å². The molecule has 1 amide bonds. The van der Waals surface area contributed by atoms with Gasteiger partial charge < -0.3 is 10.1 Å². The van der Waals surface area contributed by atoms with Gasteiger partial charge in [0, 0.05) is 6.54 Å². The molecule has 0 aliphatic heterocycles. The number of methoxy groups -OCH3 is 1. The van der Waals surface area contributed by atoms with E-state index in [0.29, 0.717) is 24.4 Å². The van der Waals surface area contributed by atoms with Crippen LogP contribution in [0, 0.1) is 11.3 Å². The number of nitrogens with one attached hydrogen (secondary N) is 1. The zero-order valence-corrected chi connectivity index (χ0v) is 13.9. The highest BCUT2D eigenvalue weighted by Gasteiger charge is 2.37. The molecule has 4 nitrogen and oxygen atoms in total. The second-order valence-corrected chi connectivity index (χ2v) is 6.78. The molecule has 1 atom stereocenters.